The number of nitrogens with two attached hydrogens (primary N) is 2. The van der Waals surface area contributed by atoms with Crippen LogP contribution in [0, 0.1) is 0 Å². The third-order valence-corrected chi connectivity index (χ3v) is 8.58. The monoisotopic (exact) mass is 568 g/mol. The van der Waals surface area contributed by atoms with Crippen LogP contribution in [0.25, 0.3) is 11.2 Å². The van der Waals surface area contributed by atoms with Crippen molar-refractivity contribution >= 4 is 30.5 Å². The zero-order chi connectivity index (χ0) is 27.8. The fourth-order valence-electron chi connectivity index (χ4n) is 4.73. The minimum Gasteiger partial charge on any atom is -0.382 e. The van der Waals surface area contributed by atoms with Gasteiger partial charge >= 0.3 is 7.60 Å². The standard InChI is InChI=1S/C27H49N6O5P/c1-2-3-4-5-6-7-8-9-10-11-12-13-14-15-16-35-17-18-37-39(34)22-36-23(20-38-39)19-33-21-30-24-25(28)31-27(29)32-26(24)33/h21,23H,2-20,22H2,1H3,(H4,28,29,31,32)/t23-,39+/m0/s1. The van der Waals surface area contributed by atoms with E-state index in [0.29, 0.717) is 30.9 Å². The third-order valence-electron chi connectivity index (χ3n) is 6.99. The number of hydrogen-bond acceptors (Lipinski definition) is 10. The number of ether oxygens (including phenoxy) is 2. The average Bonchev–Trinajstić information content (AvgIpc) is 3.32. The molecule has 12 heteroatoms. The van der Waals surface area contributed by atoms with Crippen molar-refractivity contribution in [2.45, 2.75) is 109 Å². The highest BCUT2D eigenvalue weighted by molar-refractivity contribution is 7.53. The summed E-state index contributed by atoms with van der Waals surface area (Å²) >= 11 is 0. The molecule has 39 heavy (non-hydrogen) atoms. The van der Waals surface area contributed by atoms with Crippen molar-refractivity contribution in [3.05, 3.63) is 6.33 Å². The van der Waals surface area contributed by atoms with E-state index in [1.54, 1.807) is 10.9 Å². The molecule has 0 amide bonds. The number of nitrogen functional groups attached to an aromatic ring is 2. The molecule has 2 atom stereocenters. The Morgan fingerprint density at radius 3 is 2.18 bits per heavy atom. The lowest BCUT2D eigenvalue weighted by molar-refractivity contribution is -0.0169. The number of nitrogens with zero attached hydrogens (tertiary/aromatic N) is 4. The Hall–Kier alpha value is -1.78. The molecule has 2 aromatic heterocycles. The highest BCUT2D eigenvalue weighted by Crippen LogP contribution is 2.50. The summed E-state index contributed by atoms with van der Waals surface area (Å²) in [6.45, 7) is 4.10. The number of unbranched alkanes of at least 4 members (excludes halogenated alkanes) is 13. The Morgan fingerprint density at radius 2 is 1.56 bits per heavy atom. The van der Waals surface area contributed by atoms with Crippen molar-refractivity contribution in [2.24, 2.45) is 0 Å². The van der Waals surface area contributed by atoms with E-state index in [1.807, 2.05) is 0 Å². The molecule has 1 saturated heterocycles. The van der Waals surface area contributed by atoms with Gasteiger partial charge in [0.15, 0.2) is 11.5 Å². The normalized spacial score (nSPS) is 19.7. The quantitative estimate of drug-likeness (QED) is 0.134. The molecule has 222 valence electrons. The predicted molar refractivity (Wildman–Crippen MR) is 155 cm³/mol. The maximum Gasteiger partial charge on any atom is 0.356 e. The summed E-state index contributed by atoms with van der Waals surface area (Å²) in [5.74, 6) is 0.300. The first kappa shape index (κ1) is 31.7. The third kappa shape index (κ3) is 11.7. The predicted octanol–water partition coefficient (Wildman–Crippen LogP) is 6.07. The van der Waals surface area contributed by atoms with Crippen LogP contribution in [-0.4, -0.2) is 58.4 Å². The molecule has 1 aliphatic heterocycles. The number of hydrogen-bond donors (Lipinski definition) is 2. The first-order valence-corrected chi connectivity index (χ1v) is 16.5. The molecule has 1 aliphatic rings. The molecule has 0 bridgehead atoms. The van der Waals surface area contributed by atoms with E-state index in [0.717, 1.165) is 6.42 Å². The van der Waals surface area contributed by atoms with Crippen LogP contribution in [0.1, 0.15) is 96.8 Å². The summed E-state index contributed by atoms with van der Waals surface area (Å²) in [5.41, 5.74) is 12.5. The highest BCUT2D eigenvalue weighted by Gasteiger charge is 2.33. The van der Waals surface area contributed by atoms with Crippen molar-refractivity contribution in [3.8, 4) is 0 Å². The summed E-state index contributed by atoms with van der Waals surface area (Å²) in [7, 11) is -3.29. The summed E-state index contributed by atoms with van der Waals surface area (Å²) in [6.07, 6.45) is 19.8. The molecular formula is C27H49N6O5P. The van der Waals surface area contributed by atoms with Crippen molar-refractivity contribution in [1.29, 1.82) is 0 Å². The number of imidazole rings is 1. The molecule has 0 aliphatic carbocycles. The molecule has 4 N–H and O–H groups in total. The van der Waals surface area contributed by atoms with E-state index in [1.165, 1.54) is 83.5 Å². The number of rotatable bonds is 21. The molecule has 3 rings (SSSR count). The van der Waals surface area contributed by atoms with Gasteiger partial charge in [-0.3, -0.25) is 4.57 Å². The Kier molecular flexibility index (Phi) is 14.5. The van der Waals surface area contributed by atoms with Gasteiger partial charge < -0.3 is 34.6 Å². The molecule has 3 heterocycles. The lowest BCUT2D eigenvalue weighted by atomic mass is 10.0. The fourth-order valence-corrected chi connectivity index (χ4v) is 6.09. The summed E-state index contributed by atoms with van der Waals surface area (Å²) in [6, 6.07) is 0. The number of aromatic nitrogens is 4. The molecule has 11 nitrogen and oxygen atoms in total. The van der Waals surface area contributed by atoms with Crippen LogP contribution in [0.3, 0.4) is 0 Å². The summed E-state index contributed by atoms with van der Waals surface area (Å²) < 4.78 is 37.0. The topological polar surface area (TPSA) is 150 Å². The van der Waals surface area contributed by atoms with Gasteiger partial charge in [0.25, 0.3) is 0 Å². The average molecular weight is 569 g/mol. The summed E-state index contributed by atoms with van der Waals surface area (Å²) in [4.78, 5) is 12.3. The lowest BCUT2D eigenvalue weighted by Gasteiger charge is -2.29. The second-order valence-corrected chi connectivity index (χ2v) is 12.4. The maximum absolute atomic E-state index is 12.8. The van der Waals surface area contributed by atoms with Gasteiger partial charge in [0, 0.05) is 6.61 Å². The van der Waals surface area contributed by atoms with Gasteiger partial charge in [0.2, 0.25) is 5.95 Å². The minimum absolute atomic E-state index is 0.0760. The van der Waals surface area contributed by atoms with Crippen LogP contribution in [0.2, 0.25) is 0 Å². The van der Waals surface area contributed by atoms with Crippen molar-refractivity contribution in [1.82, 2.24) is 19.5 Å². The van der Waals surface area contributed by atoms with Crippen LogP contribution in [0.5, 0.6) is 0 Å². The van der Waals surface area contributed by atoms with Gasteiger partial charge in [-0.2, -0.15) is 9.97 Å². The van der Waals surface area contributed by atoms with Gasteiger partial charge in [-0.1, -0.05) is 90.4 Å². The Bertz CT molecular complexity index is 994. The zero-order valence-corrected chi connectivity index (χ0v) is 24.6. The van der Waals surface area contributed by atoms with Crippen LogP contribution in [0.4, 0.5) is 11.8 Å². The second kappa shape index (κ2) is 17.8. The molecule has 0 aromatic carbocycles. The van der Waals surface area contributed by atoms with Gasteiger partial charge in [0.05, 0.1) is 32.7 Å². The summed E-state index contributed by atoms with van der Waals surface area (Å²) in [5, 5.41) is 0. The Labute approximate surface area is 233 Å². The Balaban J connectivity index is 1.14. The molecule has 0 unspecified atom stereocenters. The lowest BCUT2D eigenvalue weighted by Crippen LogP contribution is -2.30. The second-order valence-electron chi connectivity index (χ2n) is 10.4. The van der Waals surface area contributed by atoms with E-state index in [-0.39, 0.29) is 37.4 Å². The van der Waals surface area contributed by atoms with Crippen LogP contribution in [0.15, 0.2) is 6.33 Å². The first-order chi connectivity index (χ1) is 19.0. The van der Waals surface area contributed by atoms with Gasteiger partial charge in [-0.05, 0) is 6.42 Å². The van der Waals surface area contributed by atoms with E-state index in [4.69, 9.17) is 30.0 Å². The fraction of sp³-hybridized carbons (Fsp3) is 0.815. The molecule has 0 radical (unpaired) electrons. The van der Waals surface area contributed by atoms with Crippen LogP contribution in [-0.2, 0) is 29.6 Å². The molecule has 1 fully saturated rings. The number of anilines is 2. The molecule has 0 saturated carbocycles. The van der Waals surface area contributed by atoms with Crippen molar-refractivity contribution in [2.75, 3.05) is 44.2 Å². The van der Waals surface area contributed by atoms with Gasteiger partial charge in [0.1, 0.15) is 18.0 Å². The van der Waals surface area contributed by atoms with Crippen molar-refractivity contribution < 1.29 is 23.1 Å². The Morgan fingerprint density at radius 1 is 0.923 bits per heavy atom. The van der Waals surface area contributed by atoms with Gasteiger partial charge in [-0.15, -0.1) is 0 Å². The minimum atomic E-state index is -3.29. The van der Waals surface area contributed by atoms with E-state index >= 15 is 0 Å². The van der Waals surface area contributed by atoms with Crippen molar-refractivity contribution in [3.63, 3.8) is 0 Å². The number of fused-ring (bicyclic) bond motifs is 1. The SMILES string of the molecule is CCCCCCCCCCCCCCCCOCCO[P@]1(=O)CO[C@@H](Cn2cnc3c(N)nc(N)nc32)CO1. The van der Waals surface area contributed by atoms with Crippen LogP contribution >= 0.6 is 7.60 Å². The van der Waals surface area contributed by atoms with E-state index in [9.17, 15) is 4.57 Å². The van der Waals surface area contributed by atoms with E-state index < -0.39 is 7.60 Å². The first-order valence-electron chi connectivity index (χ1n) is 14.8. The molecule has 0 spiro atoms. The zero-order valence-electron chi connectivity index (χ0n) is 23.7. The van der Waals surface area contributed by atoms with E-state index in [2.05, 4.69) is 21.9 Å². The van der Waals surface area contributed by atoms with Gasteiger partial charge in [-0.25, -0.2) is 4.98 Å². The molecule has 2 aromatic rings. The largest absolute Gasteiger partial charge is 0.382 e. The maximum atomic E-state index is 12.8. The smallest absolute Gasteiger partial charge is 0.356 e. The highest BCUT2D eigenvalue weighted by atomic mass is 31.2. The molecular weight excluding hydrogens is 519 g/mol. The van der Waals surface area contributed by atoms with Crippen LogP contribution < -0.4 is 11.5 Å².